The number of nitrogens with two attached hydrogens (primary N) is 1. The molecule has 1 fully saturated rings. The number of benzene rings is 1. The van der Waals surface area contributed by atoms with E-state index in [0.29, 0.717) is 12.3 Å². The van der Waals surface area contributed by atoms with Gasteiger partial charge in [-0.1, -0.05) is 36.6 Å². The largest absolute Gasteiger partial charge is 0.355 e. The molecule has 0 bridgehead atoms. The van der Waals surface area contributed by atoms with Crippen molar-refractivity contribution >= 4 is 5.91 Å². The Balaban J connectivity index is 1.84. The first-order valence-electron chi connectivity index (χ1n) is 7.64. The lowest BCUT2D eigenvalue weighted by Gasteiger charge is -2.28. The Morgan fingerprint density at radius 3 is 2.80 bits per heavy atom. The summed E-state index contributed by atoms with van der Waals surface area (Å²) in [4.78, 5) is 12.1. The molecule has 2 unspecified atom stereocenters. The molecule has 3 N–H and O–H groups in total. The van der Waals surface area contributed by atoms with E-state index < -0.39 is 0 Å². The topological polar surface area (TPSA) is 55.1 Å². The zero-order valence-electron chi connectivity index (χ0n) is 12.6. The molecule has 20 heavy (non-hydrogen) atoms. The van der Waals surface area contributed by atoms with Crippen molar-refractivity contribution in [3.63, 3.8) is 0 Å². The van der Waals surface area contributed by atoms with Gasteiger partial charge in [-0.3, -0.25) is 4.79 Å². The van der Waals surface area contributed by atoms with Gasteiger partial charge in [-0.05, 0) is 43.7 Å². The van der Waals surface area contributed by atoms with Crippen LogP contribution in [0.25, 0.3) is 0 Å². The fraction of sp³-hybridized carbons (Fsp3) is 0.588. The lowest BCUT2D eigenvalue weighted by molar-refractivity contribution is -0.120. The van der Waals surface area contributed by atoms with Crippen LogP contribution >= 0.6 is 0 Å². The Morgan fingerprint density at radius 2 is 2.05 bits per heavy atom. The Kier molecular flexibility index (Phi) is 5.18. The SMILES string of the molecule is Cc1ccc(C)c(CC(=O)NCC2CCCCC2N)c1. The number of aryl methyl sites for hydroxylation is 2. The second-order valence-electron chi connectivity index (χ2n) is 6.12. The smallest absolute Gasteiger partial charge is 0.224 e. The van der Waals surface area contributed by atoms with Crippen molar-refractivity contribution in [2.45, 2.75) is 52.0 Å². The number of hydrogen-bond acceptors (Lipinski definition) is 2. The van der Waals surface area contributed by atoms with Gasteiger partial charge < -0.3 is 11.1 Å². The Labute approximate surface area is 121 Å². The van der Waals surface area contributed by atoms with Crippen LogP contribution in [0.3, 0.4) is 0 Å². The van der Waals surface area contributed by atoms with Gasteiger partial charge >= 0.3 is 0 Å². The number of hydrogen-bond donors (Lipinski definition) is 2. The summed E-state index contributed by atoms with van der Waals surface area (Å²) in [5, 5.41) is 3.06. The molecule has 2 atom stereocenters. The van der Waals surface area contributed by atoms with Crippen molar-refractivity contribution in [2.75, 3.05) is 6.54 Å². The first-order valence-corrected chi connectivity index (χ1v) is 7.64. The first-order chi connectivity index (χ1) is 9.56. The van der Waals surface area contributed by atoms with Crippen LogP contribution in [0.15, 0.2) is 18.2 Å². The van der Waals surface area contributed by atoms with Crippen molar-refractivity contribution in [3.8, 4) is 0 Å². The van der Waals surface area contributed by atoms with E-state index in [1.54, 1.807) is 0 Å². The van der Waals surface area contributed by atoms with E-state index in [1.807, 2.05) is 0 Å². The molecule has 3 nitrogen and oxygen atoms in total. The quantitative estimate of drug-likeness (QED) is 0.886. The molecule has 1 amide bonds. The number of rotatable bonds is 4. The van der Waals surface area contributed by atoms with Crippen LogP contribution in [0, 0.1) is 19.8 Å². The maximum absolute atomic E-state index is 12.1. The van der Waals surface area contributed by atoms with Crippen molar-refractivity contribution in [1.82, 2.24) is 5.32 Å². The van der Waals surface area contributed by atoms with Crippen LogP contribution in [0.2, 0.25) is 0 Å². The Morgan fingerprint density at radius 1 is 1.30 bits per heavy atom. The molecule has 2 rings (SSSR count). The Bertz CT molecular complexity index is 470. The lowest BCUT2D eigenvalue weighted by atomic mass is 9.85. The van der Waals surface area contributed by atoms with Gasteiger partial charge in [-0.2, -0.15) is 0 Å². The predicted octanol–water partition coefficient (Wildman–Crippen LogP) is 2.48. The van der Waals surface area contributed by atoms with E-state index in [4.69, 9.17) is 5.73 Å². The van der Waals surface area contributed by atoms with E-state index >= 15 is 0 Å². The van der Waals surface area contributed by atoms with Gasteiger partial charge in [0.25, 0.3) is 0 Å². The summed E-state index contributed by atoms with van der Waals surface area (Å²) in [5.74, 6) is 0.558. The second kappa shape index (κ2) is 6.89. The van der Waals surface area contributed by atoms with E-state index in [1.165, 1.54) is 24.0 Å². The van der Waals surface area contributed by atoms with Crippen LogP contribution < -0.4 is 11.1 Å². The summed E-state index contributed by atoms with van der Waals surface area (Å²) in [6, 6.07) is 6.51. The highest BCUT2D eigenvalue weighted by atomic mass is 16.1. The molecule has 0 saturated heterocycles. The fourth-order valence-corrected chi connectivity index (χ4v) is 2.96. The van der Waals surface area contributed by atoms with Crippen LogP contribution in [-0.2, 0) is 11.2 Å². The first kappa shape index (κ1) is 15.0. The summed E-state index contributed by atoms with van der Waals surface area (Å²) in [6.45, 7) is 4.84. The van der Waals surface area contributed by atoms with Crippen LogP contribution in [0.1, 0.15) is 42.4 Å². The van der Waals surface area contributed by atoms with E-state index in [2.05, 4.69) is 37.4 Å². The van der Waals surface area contributed by atoms with Crippen LogP contribution in [0.4, 0.5) is 0 Å². The van der Waals surface area contributed by atoms with Crippen LogP contribution in [-0.4, -0.2) is 18.5 Å². The number of amides is 1. The molecule has 0 spiro atoms. The summed E-state index contributed by atoms with van der Waals surface area (Å²) in [6.07, 6.45) is 5.18. The summed E-state index contributed by atoms with van der Waals surface area (Å²) < 4.78 is 0. The van der Waals surface area contributed by atoms with Crippen molar-refractivity contribution in [3.05, 3.63) is 34.9 Å². The molecule has 1 aromatic rings. The fourth-order valence-electron chi connectivity index (χ4n) is 2.96. The molecule has 0 aliphatic heterocycles. The molecular weight excluding hydrogens is 248 g/mol. The van der Waals surface area contributed by atoms with E-state index in [0.717, 1.165) is 24.9 Å². The predicted molar refractivity (Wildman–Crippen MR) is 82.6 cm³/mol. The van der Waals surface area contributed by atoms with Gasteiger partial charge in [0.2, 0.25) is 5.91 Å². The number of carbonyl (C=O) groups is 1. The van der Waals surface area contributed by atoms with Crippen LogP contribution in [0.5, 0.6) is 0 Å². The highest BCUT2D eigenvalue weighted by molar-refractivity contribution is 5.79. The average Bonchev–Trinajstić information content (AvgIpc) is 2.42. The van der Waals surface area contributed by atoms with Crippen molar-refractivity contribution < 1.29 is 4.79 Å². The van der Waals surface area contributed by atoms with Gasteiger partial charge in [0, 0.05) is 12.6 Å². The van der Waals surface area contributed by atoms with Gasteiger partial charge in [0.05, 0.1) is 6.42 Å². The third-order valence-corrected chi connectivity index (χ3v) is 4.38. The number of carbonyl (C=O) groups excluding carboxylic acids is 1. The molecule has 110 valence electrons. The molecule has 3 heteroatoms. The minimum absolute atomic E-state index is 0.108. The molecule has 0 radical (unpaired) electrons. The maximum atomic E-state index is 12.1. The normalized spacial score (nSPS) is 22.6. The van der Waals surface area contributed by atoms with Gasteiger partial charge in [-0.25, -0.2) is 0 Å². The molecular formula is C17H26N2O. The van der Waals surface area contributed by atoms with Crippen molar-refractivity contribution in [1.29, 1.82) is 0 Å². The maximum Gasteiger partial charge on any atom is 0.224 e. The highest BCUT2D eigenvalue weighted by Gasteiger charge is 2.22. The zero-order valence-corrected chi connectivity index (χ0v) is 12.6. The number of nitrogens with one attached hydrogen (secondary N) is 1. The van der Waals surface area contributed by atoms with Gasteiger partial charge in [-0.15, -0.1) is 0 Å². The lowest BCUT2D eigenvalue weighted by Crippen LogP contribution is -2.41. The molecule has 0 aromatic heterocycles. The summed E-state index contributed by atoms with van der Waals surface area (Å²) in [7, 11) is 0. The molecule has 1 aliphatic rings. The minimum Gasteiger partial charge on any atom is -0.355 e. The molecule has 1 aromatic carbocycles. The van der Waals surface area contributed by atoms with Gasteiger partial charge in [0.1, 0.15) is 0 Å². The zero-order chi connectivity index (χ0) is 14.5. The molecule has 1 aliphatic carbocycles. The summed E-state index contributed by atoms with van der Waals surface area (Å²) in [5.41, 5.74) is 9.61. The monoisotopic (exact) mass is 274 g/mol. The Hall–Kier alpha value is -1.35. The highest BCUT2D eigenvalue weighted by Crippen LogP contribution is 2.22. The third kappa shape index (κ3) is 4.07. The third-order valence-electron chi connectivity index (χ3n) is 4.38. The molecule has 0 heterocycles. The van der Waals surface area contributed by atoms with E-state index in [9.17, 15) is 4.79 Å². The summed E-state index contributed by atoms with van der Waals surface area (Å²) >= 11 is 0. The van der Waals surface area contributed by atoms with Crippen molar-refractivity contribution in [2.24, 2.45) is 11.7 Å². The standard InChI is InChI=1S/C17H26N2O/c1-12-7-8-13(2)15(9-12)10-17(20)19-11-14-5-3-4-6-16(14)18/h7-9,14,16H,3-6,10-11,18H2,1-2H3,(H,19,20). The average molecular weight is 274 g/mol. The molecule has 1 saturated carbocycles. The second-order valence-corrected chi connectivity index (χ2v) is 6.12. The minimum atomic E-state index is 0.108. The van der Waals surface area contributed by atoms with E-state index in [-0.39, 0.29) is 11.9 Å². The van der Waals surface area contributed by atoms with Gasteiger partial charge in [0.15, 0.2) is 0 Å².